The number of benzene rings is 2. The van der Waals surface area contributed by atoms with Crippen LogP contribution < -0.4 is 9.47 Å². The molecule has 0 aliphatic heterocycles. The molecule has 2 unspecified atom stereocenters. The van der Waals surface area contributed by atoms with Crippen LogP contribution in [0.1, 0.15) is 23.0 Å². The van der Waals surface area contributed by atoms with Gasteiger partial charge in [0.25, 0.3) is 0 Å². The second-order valence-electron chi connectivity index (χ2n) is 6.25. The van der Waals surface area contributed by atoms with Crippen LogP contribution in [0.5, 0.6) is 11.5 Å². The number of carboxylic acid groups (broad SMARTS) is 1. The highest BCUT2D eigenvalue weighted by Crippen LogP contribution is 2.59. The van der Waals surface area contributed by atoms with Gasteiger partial charge in [-0.1, -0.05) is 36.4 Å². The van der Waals surface area contributed by atoms with Crippen LogP contribution in [-0.2, 0) is 4.79 Å². The molecular weight excluding hydrogens is 320 g/mol. The molecule has 132 valence electrons. The Morgan fingerprint density at radius 3 is 1.72 bits per heavy atom. The molecule has 5 heteroatoms. The molecule has 1 saturated carbocycles. The molecule has 2 aromatic carbocycles. The van der Waals surface area contributed by atoms with E-state index in [9.17, 15) is 15.0 Å². The van der Waals surface area contributed by atoms with Crippen molar-refractivity contribution in [2.75, 3.05) is 20.8 Å². The van der Waals surface area contributed by atoms with Crippen LogP contribution in [0.2, 0.25) is 0 Å². The number of ether oxygens (including phenoxy) is 2. The first-order valence-electron chi connectivity index (χ1n) is 8.23. The molecule has 0 radical (unpaired) electrons. The van der Waals surface area contributed by atoms with Gasteiger partial charge >= 0.3 is 5.97 Å². The molecule has 2 N–H and O–H groups in total. The van der Waals surface area contributed by atoms with Gasteiger partial charge in [-0.25, -0.2) is 0 Å². The molecule has 1 aliphatic rings. The Bertz CT molecular complexity index is 702. The Kier molecular flexibility index (Phi) is 4.95. The zero-order valence-corrected chi connectivity index (χ0v) is 14.3. The van der Waals surface area contributed by atoms with Crippen molar-refractivity contribution < 1.29 is 24.5 Å². The number of hydrogen-bond acceptors (Lipinski definition) is 4. The molecule has 2 atom stereocenters. The summed E-state index contributed by atoms with van der Waals surface area (Å²) in [5.41, 5.74) is 1.64. The standard InChI is InChI=1S/C20H22O5/c1-24-15-9-5-3-7-12(15)17-14(11-21)18(19(17)20(22)23)13-8-4-6-10-16(13)25-2/h3-10,14,17-19,21H,11H2,1-2H3,(H,22,23). The zero-order valence-electron chi connectivity index (χ0n) is 14.3. The van der Waals surface area contributed by atoms with Crippen LogP contribution in [-0.4, -0.2) is 37.0 Å². The summed E-state index contributed by atoms with van der Waals surface area (Å²) >= 11 is 0. The summed E-state index contributed by atoms with van der Waals surface area (Å²) < 4.78 is 10.8. The second-order valence-corrected chi connectivity index (χ2v) is 6.25. The minimum Gasteiger partial charge on any atom is -0.496 e. The van der Waals surface area contributed by atoms with Gasteiger partial charge in [-0.05, 0) is 29.2 Å². The molecule has 3 rings (SSSR count). The van der Waals surface area contributed by atoms with Gasteiger partial charge in [0.2, 0.25) is 0 Å². The average molecular weight is 342 g/mol. The lowest BCUT2D eigenvalue weighted by molar-refractivity contribution is -0.151. The van der Waals surface area contributed by atoms with Crippen molar-refractivity contribution in [3.05, 3.63) is 59.7 Å². The summed E-state index contributed by atoms with van der Waals surface area (Å²) in [4.78, 5) is 12.0. The number of aliphatic hydroxyl groups is 1. The van der Waals surface area contributed by atoms with Gasteiger partial charge in [-0.15, -0.1) is 0 Å². The first kappa shape index (κ1) is 17.3. The highest BCUT2D eigenvalue weighted by Gasteiger charge is 2.56. The van der Waals surface area contributed by atoms with Gasteiger partial charge in [0.15, 0.2) is 0 Å². The van der Waals surface area contributed by atoms with E-state index in [0.29, 0.717) is 11.5 Å². The van der Waals surface area contributed by atoms with E-state index in [-0.39, 0.29) is 24.4 Å². The fourth-order valence-electron chi connectivity index (χ4n) is 4.10. The van der Waals surface area contributed by atoms with Crippen LogP contribution in [0.3, 0.4) is 0 Å². The van der Waals surface area contributed by atoms with Gasteiger partial charge < -0.3 is 19.7 Å². The van der Waals surface area contributed by atoms with E-state index in [4.69, 9.17) is 9.47 Å². The third-order valence-electron chi connectivity index (χ3n) is 5.19. The first-order chi connectivity index (χ1) is 12.1. The molecule has 0 saturated heterocycles. The van der Waals surface area contributed by atoms with Crippen molar-refractivity contribution in [1.29, 1.82) is 0 Å². The van der Waals surface area contributed by atoms with E-state index in [2.05, 4.69) is 0 Å². The van der Waals surface area contributed by atoms with Crippen LogP contribution in [0.4, 0.5) is 0 Å². The maximum atomic E-state index is 12.0. The van der Waals surface area contributed by atoms with E-state index < -0.39 is 11.9 Å². The predicted molar refractivity (Wildman–Crippen MR) is 93.2 cm³/mol. The largest absolute Gasteiger partial charge is 0.496 e. The lowest BCUT2D eigenvalue weighted by Crippen LogP contribution is -2.49. The van der Waals surface area contributed by atoms with Gasteiger partial charge in [0.05, 0.1) is 20.1 Å². The van der Waals surface area contributed by atoms with Crippen LogP contribution in [0, 0.1) is 11.8 Å². The Labute approximate surface area is 146 Å². The normalized spacial score (nSPS) is 25.1. The van der Waals surface area contributed by atoms with Gasteiger partial charge in [-0.2, -0.15) is 0 Å². The molecule has 0 heterocycles. The van der Waals surface area contributed by atoms with Crippen molar-refractivity contribution in [1.82, 2.24) is 0 Å². The lowest BCUT2D eigenvalue weighted by Gasteiger charge is -2.50. The minimum absolute atomic E-state index is 0.102. The first-order valence-corrected chi connectivity index (χ1v) is 8.23. The van der Waals surface area contributed by atoms with Crippen LogP contribution in [0.15, 0.2) is 48.5 Å². The summed E-state index contributed by atoms with van der Waals surface area (Å²) in [5.74, 6) is -1.07. The lowest BCUT2D eigenvalue weighted by atomic mass is 9.52. The fraction of sp³-hybridized carbons (Fsp3) is 0.350. The maximum absolute atomic E-state index is 12.0. The SMILES string of the molecule is COc1ccccc1C1C(CO)C(c2ccccc2OC)C1C(=O)O. The molecule has 25 heavy (non-hydrogen) atoms. The van der Waals surface area contributed by atoms with Crippen LogP contribution >= 0.6 is 0 Å². The number of aliphatic hydroxyl groups excluding tert-OH is 1. The smallest absolute Gasteiger partial charge is 0.307 e. The minimum atomic E-state index is -0.878. The van der Waals surface area contributed by atoms with Crippen LogP contribution in [0.25, 0.3) is 0 Å². The molecule has 1 fully saturated rings. The number of para-hydroxylation sites is 2. The molecule has 0 aromatic heterocycles. The van der Waals surface area contributed by atoms with E-state index >= 15 is 0 Å². The third kappa shape index (κ3) is 2.85. The summed E-state index contributed by atoms with van der Waals surface area (Å²) in [6.07, 6.45) is 0. The van der Waals surface area contributed by atoms with E-state index in [1.54, 1.807) is 14.2 Å². The zero-order chi connectivity index (χ0) is 18.0. The Balaban J connectivity index is 2.06. The summed E-state index contributed by atoms with van der Waals surface area (Å²) in [5, 5.41) is 19.9. The third-order valence-corrected chi connectivity index (χ3v) is 5.19. The van der Waals surface area contributed by atoms with Crippen molar-refractivity contribution in [2.24, 2.45) is 11.8 Å². The molecule has 1 aliphatic carbocycles. The van der Waals surface area contributed by atoms with Gasteiger partial charge in [0, 0.05) is 18.4 Å². The van der Waals surface area contributed by atoms with E-state index in [1.807, 2.05) is 48.5 Å². The topological polar surface area (TPSA) is 76.0 Å². The molecule has 0 bridgehead atoms. The van der Waals surface area contributed by atoms with Crippen molar-refractivity contribution in [3.8, 4) is 11.5 Å². The quantitative estimate of drug-likeness (QED) is 0.844. The number of methoxy groups -OCH3 is 2. The van der Waals surface area contributed by atoms with Gasteiger partial charge in [0.1, 0.15) is 11.5 Å². The second kappa shape index (κ2) is 7.15. The molecule has 0 spiro atoms. The highest BCUT2D eigenvalue weighted by molar-refractivity contribution is 5.76. The number of carboxylic acids is 1. The van der Waals surface area contributed by atoms with Gasteiger partial charge in [-0.3, -0.25) is 4.79 Å². The van der Waals surface area contributed by atoms with Crippen molar-refractivity contribution in [2.45, 2.75) is 11.8 Å². The maximum Gasteiger partial charge on any atom is 0.307 e. The number of carbonyl (C=O) groups is 1. The molecule has 5 nitrogen and oxygen atoms in total. The molecule has 2 aromatic rings. The molecule has 0 amide bonds. The van der Waals surface area contributed by atoms with Crippen molar-refractivity contribution in [3.63, 3.8) is 0 Å². The fourth-order valence-corrected chi connectivity index (χ4v) is 4.10. The number of aliphatic carboxylic acids is 1. The Morgan fingerprint density at radius 1 is 0.920 bits per heavy atom. The number of hydrogen-bond donors (Lipinski definition) is 2. The summed E-state index contributed by atoms with van der Waals surface area (Å²) in [6, 6.07) is 14.8. The highest BCUT2D eigenvalue weighted by atomic mass is 16.5. The average Bonchev–Trinajstić information content (AvgIpc) is 2.61. The van der Waals surface area contributed by atoms with E-state index in [1.165, 1.54) is 0 Å². The predicted octanol–water partition coefficient (Wildman–Crippen LogP) is 2.89. The summed E-state index contributed by atoms with van der Waals surface area (Å²) in [7, 11) is 3.14. The van der Waals surface area contributed by atoms with Crippen molar-refractivity contribution >= 4 is 5.97 Å². The molecular formula is C20H22O5. The summed E-state index contributed by atoms with van der Waals surface area (Å²) in [6.45, 7) is -0.102. The van der Waals surface area contributed by atoms with E-state index in [0.717, 1.165) is 11.1 Å². The number of rotatable bonds is 6. The Hall–Kier alpha value is -2.53. The monoisotopic (exact) mass is 342 g/mol. The Morgan fingerprint density at radius 2 is 1.36 bits per heavy atom.